The van der Waals surface area contributed by atoms with Crippen molar-refractivity contribution >= 4 is 6.08 Å². The SMILES string of the molecule is COCO[C@H]1C[C@@]2(C)C(CC[C@@]23OCOC32COCO2)C2CCC3=Cc4oncc4C[C@]3(C)C21. The number of fused-ring (bicyclic) bond motifs is 8. The highest BCUT2D eigenvalue weighted by molar-refractivity contribution is 5.57. The molecule has 2 aliphatic heterocycles. The molecule has 0 bridgehead atoms. The molecule has 4 aliphatic carbocycles. The number of allylic oxidation sites excluding steroid dienone is 1. The molecule has 1 aromatic heterocycles. The van der Waals surface area contributed by atoms with E-state index >= 15 is 0 Å². The van der Waals surface area contributed by atoms with Gasteiger partial charge in [0.25, 0.3) is 0 Å². The summed E-state index contributed by atoms with van der Waals surface area (Å²) in [5.74, 6) is 1.52. The molecule has 2 spiro atoms. The first-order valence-corrected chi connectivity index (χ1v) is 12.7. The van der Waals surface area contributed by atoms with Crippen LogP contribution in [0.1, 0.15) is 57.3 Å². The van der Waals surface area contributed by atoms with Crippen molar-refractivity contribution in [3.05, 3.63) is 23.1 Å². The fourth-order valence-electron chi connectivity index (χ4n) is 9.27. The van der Waals surface area contributed by atoms with E-state index in [0.717, 1.165) is 44.3 Å². The predicted octanol–water partition coefficient (Wildman–Crippen LogP) is 3.90. The summed E-state index contributed by atoms with van der Waals surface area (Å²) in [7, 11) is 1.70. The standard InChI is InChI=1S/C26H35NO7/c1-23-9-16-11-27-34-20(16)8-17(23)4-5-18-19-6-7-25(26(33-15-31-25)12-29-14-32-26)24(19,2)10-21(22(18)23)30-13-28-3/h8,11,18-19,21-22H,4-7,9-10,12-15H2,1-3H3/t18?,19?,21-,22?,23-,24-,25+,26?/m0/s1. The van der Waals surface area contributed by atoms with Gasteiger partial charge in [-0.25, -0.2) is 0 Å². The quantitative estimate of drug-likeness (QED) is 0.612. The van der Waals surface area contributed by atoms with Crippen LogP contribution in [-0.2, 0) is 34.8 Å². The van der Waals surface area contributed by atoms with Gasteiger partial charge in [-0.1, -0.05) is 24.6 Å². The third-order valence-electron chi connectivity index (χ3n) is 10.6. The monoisotopic (exact) mass is 473 g/mol. The molecule has 1 aromatic rings. The minimum Gasteiger partial charge on any atom is -0.359 e. The Hall–Kier alpha value is -1.29. The summed E-state index contributed by atoms with van der Waals surface area (Å²) in [5.41, 5.74) is 2.02. The van der Waals surface area contributed by atoms with Crippen molar-refractivity contribution in [2.24, 2.45) is 28.6 Å². The summed E-state index contributed by atoms with van der Waals surface area (Å²) in [6, 6.07) is 0. The minimum absolute atomic E-state index is 0.00858. The van der Waals surface area contributed by atoms with E-state index in [1.807, 2.05) is 6.20 Å². The molecule has 5 fully saturated rings. The van der Waals surface area contributed by atoms with E-state index < -0.39 is 11.4 Å². The van der Waals surface area contributed by atoms with E-state index in [1.165, 1.54) is 11.1 Å². The van der Waals surface area contributed by atoms with Crippen molar-refractivity contribution in [1.82, 2.24) is 5.16 Å². The molecule has 0 amide bonds. The van der Waals surface area contributed by atoms with Crippen LogP contribution in [0.25, 0.3) is 6.08 Å². The Morgan fingerprint density at radius 1 is 1.15 bits per heavy atom. The highest BCUT2D eigenvalue weighted by Gasteiger charge is 2.77. The van der Waals surface area contributed by atoms with E-state index in [-0.39, 0.29) is 37.3 Å². The van der Waals surface area contributed by atoms with Gasteiger partial charge >= 0.3 is 0 Å². The molecule has 186 valence electrons. The van der Waals surface area contributed by atoms with Gasteiger partial charge in [0, 0.05) is 18.1 Å². The maximum Gasteiger partial charge on any atom is 0.226 e. The van der Waals surface area contributed by atoms with Crippen molar-refractivity contribution in [2.75, 3.05) is 34.1 Å². The molecule has 8 heteroatoms. The first-order chi connectivity index (χ1) is 16.5. The first-order valence-electron chi connectivity index (χ1n) is 12.7. The van der Waals surface area contributed by atoms with Gasteiger partial charge in [-0.15, -0.1) is 0 Å². The smallest absolute Gasteiger partial charge is 0.226 e. The summed E-state index contributed by atoms with van der Waals surface area (Å²) in [6.07, 6.45) is 10.3. The van der Waals surface area contributed by atoms with Crippen molar-refractivity contribution in [3.8, 4) is 0 Å². The zero-order valence-electron chi connectivity index (χ0n) is 20.3. The van der Waals surface area contributed by atoms with Gasteiger partial charge in [0.2, 0.25) is 5.79 Å². The maximum absolute atomic E-state index is 6.57. The average Bonchev–Trinajstić information content (AvgIpc) is 3.60. The Morgan fingerprint density at radius 2 is 2.03 bits per heavy atom. The van der Waals surface area contributed by atoms with Crippen LogP contribution in [-0.4, -0.2) is 56.7 Å². The van der Waals surface area contributed by atoms with Crippen LogP contribution in [0.15, 0.2) is 16.3 Å². The highest BCUT2D eigenvalue weighted by Crippen LogP contribution is 2.71. The van der Waals surface area contributed by atoms with E-state index in [2.05, 4.69) is 25.1 Å². The maximum atomic E-state index is 6.57. The lowest BCUT2D eigenvalue weighted by molar-refractivity contribution is -0.264. The molecule has 8 atom stereocenters. The van der Waals surface area contributed by atoms with Crippen molar-refractivity contribution < 1.29 is 32.9 Å². The largest absolute Gasteiger partial charge is 0.359 e. The third-order valence-corrected chi connectivity index (χ3v) is 10.6. The zero-order chi connectivity index (χ0) is 23.2. The summed E-state index contributed by atoms with van der Waals surface area (Å²) in [4.78, 5) is 0. The molecule has 0 aromatic carbocycles. The average molecular weight is 474 g/mol. The lowest BCUT2D eigenvalue weighted by atomic mass is 9.45. The lowest BCUT2D eigenvalue weighted by Crippen LogP contribution is -2.66. The van der Waals surface area contributed by atoms with Crippen LogP contribution in [0.2, 0.25) is 0 Å². The highest BCUT2D eigenvalue weighted by atomic mass is 16.9. The van der Waals surface area contributed by atoms with Crippen LogP contribution >= 0.6 is 0 Å². The van der Waals surface area contributed by atoms with Crippen LogP contribution < -0.4 is 0 Å². The number of methoxy groups -OCH3 is 1. The van der Waals surface area contributed by atoms with Crippen molar-refractivity contribution in [3.63, 3.8) is 0 Å². The number of aromatic nitrogens is 1. The Bertz CT molecular complexity index is 996. The number of hydrogen-bond acceptors (Lipinski definition) is 8. The van der Waals surface area contributed by atoms with E-state index in [9.17, 15) is 0 Å². The lowest BCUT2D eigenvalue weighted by Gasteiger charge is -2.62. The summed E-state index contributed by atoms with van der Waals surface area (Å²) < 4.78 is 42.2. The molecule has 8 nitrogen and oxygen atoms in total. The Morgan fingerprint density at radius 3 is 2.85 bits per heavy atom. The molecular weight excluding hydrogens is 438 g/mol. The Balaban J connectivity index is 1.31. The Labute approximate surface area is 200 Å². The molecule has 3 saturated carbocycles. The van der Waals surface area contributed by atoms with Crippen LogP contribution in [0.4, 0.5) is 0 Å². The molecule has 0 N–H and O–H groups in total. The minimum atomic E-state index is -0.818. The third kappa shape index (κ3) is 2.57. The zero-order valence-corrected chi connectivity index (χ0v) is 20.3. The summed E-state index contributed by atoms with van der Waals surface area (Å²) in [5, 5.41) is 4.09. The molecule has 4 unspecified atom stereocenters. The van der Waals surface area contributed by atoms with E-state index in [1.54, 1.807) is 7.11 Å². The van der Waals surface area contributed by atoms with Crippen molar-refractivity contribution in [2.45, 2.75) is 69.9 Å². The van der Waals surface area contributed by atoms with E-state index in [4.69, 9.17) is 32.9 Å². The fourth-order valence-corrected chi connectivity index (χ4v) is 9.27. The molecule has 7 rings (SSSR count). The second-order valence-corrected chi connectivity index (χ2v) is 11.7. The number of rotatable bonds is 3. The molecular formula is C26H35NO7. The second kappa shape index (κ2) is 7.37. The Kier molecular flexibility index (Phi) is 4.76. The van der Waals surface area contributed by atoms with Crippen LogP contribution in [0.3, 0.4) is 0 Å². The molecule has 34 heavy (non-hydrogen) atoms. The summed E-state index contributed by atoms with van der Waals surface area (Å²) in [6.45, 7) is 6.06. The van der Waals surface area contributed by atoms with Gasteiger partial charge in [0.15, 0.2) is 19.3 Å². The molecule has 3 heterocycles. The van der Waals surface area contributed by atoms with Crippen molar-refractivity contribution in [1.29, 1.82) is 0 Å². The molecule has 0 radical (unpaired) electrons. The number of ether oxygens (including phenoxy) is 6. The van der Waals surface area contributed by atoms with Gasteiger partial charge in [-0.2, -0.15) is 0 Å². The van der Waals surface area contributed by atoms with Gasteiger partial charge < -0.3 is 32.9 Å². The van der Waals surface area contributed by atoms with Gasteiger partial charge in [0.1, 0.15) is 19.0 Å². The second-order valence-electron chi connectivity index (χ2n) is 11.7. The first kappa shape index (κ1) is 21.9. The van der Waals surface area contributed by atoms with Gasteiger partial charge in [0.05, 0.1) is 12.3 Å². The number of hydrogen-bond donors (Lipinski definition) is 0. The number of nitrogens with zero attached hydrogens (tertiary/aromatic N) is 1. The van der Waals surface area contributed by atoms with Crippen LogP contribution in [0.5, 0.6) is 0 Å². The van der Waals surface area contributed by atoms with Crippen LogP contribution in [0, 0.1) is 28.6 Å². The topological polar surface area (TPSA) is 81.4 Å². The van der Waals surface area contributed by atoms with E-state index in [0.29, 0.717) is 24.4 Å². The van der Waals surface area contributed by atoms with Gasteiger partial charge in [-0.05, 0) is 67.8 Å². The summed E-state index contributed by atoms with van der Waals surface area (Å²) >= 11 is 0. The van der Waals surface area contributed by atoms with Gasteiger partial charge in [-0.3, -0.25) is 0 Å². The predicted molar refractivity (Wildman–Crippen MR) is 119 cm³/mol. The molecule has 6 aliphatic rings. The molecule has 2 saturated heterocycles. The normalized spacial score (nSPS) is 49.1. The fraction of sp³-hybridized carbons (Fsp3) is 0.808.